The molecule has 0 radical (unpaired) electrons. The van der Waals surface area contributed by atoms with Crippen molar-refractivity contribution in [2.45, 2.75) is 57.1 Å². The number of hydrogen-bond acceptors (Lipinski definition) is 6. The zero-order valence-electron chi connectivity index (χ0n) is 25.1. The second-order valence-corrected chi connectivity index (χ2v) is 13.1. The zero-order valence-corrected chi connectivity index (χ0v) is 28.2. The summed E-state index contributed by atoms with van der Waals surface area (Å²) < 4.78 is 39.9. The number of halogens is 3. The Balaban J connectivity index is 2.12. The van der Waals surface area contributed by atoms with Crippen LogP contribution in [0.25, 0.3) is 0 Å². The number of carbonyl (C=O) groups is 2. The van der Waals surface area contributed by atoms with E-state index in [2.05, 4.69) is 5.32 Å². The van der Waals surface area contributed by atoms with Crippen molar-refractivity contribution in [1.82, 2.24) is 10.2 Å². The number of rotatable bonds is 14. The van der Waals surface area contributed by atoms with Gasteiger partial charge in [-0.15, -0.1) is 0 Å². The minimum atomic E-state index is -4.35. The maximum atomic E-state index is 14.2. The van der Waals surface area contributed by atoms with Crippen molar-refractivity contribution in [3.63, 3.8) is 0 Å². The zero-order chi connectivity index (χ0) is 32.6. The summed E-state index contributed by atoms with van der Waals surface area (Å²) >= 11 is 18.7. The van der Waals surface area contributed by atoms with Gasteiger partial charge < -0.3 is 19.7 Å². The minimum Gasteiger partial charge on any atom is -0.493 e. The molecule has 0 saturated heterocycles. The molecule has 13 heteroatoms. The van der Waals surface area contributed by atoms with Crippen LogP contribution in [0.4, 0.5) is 5.69 Å². The lowest BCUT2D eigenvalue weighted by atomic mass is 10.1. The van der Waals surface area contributed by atoms with Crippen molar-refractivity contribution in [3.05, 3.63) is 81.3 Å². The molecule has 9 nitrogen and oxygen atoms in total. The highest BCUT2D eigenvalue weighted by atomic mass is 35.5. The van der Waals surface area contributed by atoms with Gasteiger partial charge in [0.25, 0.3) is 10.0 Å². The van der Waals surface area contributed by atoms with Crippen LogP contribution < -0.4 is 19.1 Å². The van der Waals surface area contributed by atoms with E-state index >= 15 is 0 Å². The van der Waals surface area contributed by atoms with Gasteiger partial charge in [0.1, 0.15) is 12.6 Å². The lowest BCUT2D eigenvalue weighted by Gasteiger charge is -2.34. The molecule has 0 heterocycles. The molecule has 3 rings (SSSR count). The van der Waals surface area contributed by atoms with Gasteiger partial charge in [-0.05, 0) is 73.9 Å². The van der Waals surface area contributed by atoms with Crippen molar-refractivity contribution in [2.24, 2.45) is 0 Å². The molecule has 0 aliphatic heterocycles. The molecule has 238 valence electrons. The summed E-state index contributed by atoms with van der Waals surface area (Å²) in [5.41, 5.74) is 0.735. The summed E-state index contributed by atoms with van der Waals surface area (Å²) in [5.74, 6) is -0.449. The number of ether oxygens (including phenoxy) is 2. The molecule has 0 unspecified atom stereocenters. The average molecular weight is 685 g/mol. The van der Waals surface area contributed by atoms with Crippen molar-refractivity contribution in [1.29, 1.82) is 0 Å². The monoisotopic (exact) mass is 683 g/mol. The van der Waals surface area contributed by atoms with Crippen LogP contribution in [-0.4, -0.2) is 58.0 Å². The van der Waals surface area contributed by atoms with Gasteiger partial charge in [-0.2, -0.15) is 0 Å². The van der Waals surface area contributed by atoms with Gasteiger partial charge in [0.2, 0.25) is 11.8 Å². The Hall–Kier alpha value is -3.18. The van der Waals surface area contributed by atoms with Gasteiger partial charge in [-0.3, -0.25) is 13.9 Å². The highest BCUT2D eigenvalue weighted by Gasteiger charge is 2.34. The minimum absolute atomic E-state index is 0.0634. The first kappa shape index (κ1) is 35.3. The van der Waals surface area contributed by atoms with Gasteiger partial charge >= 0.3 is 0 Å². The molecule has 3 aromatic carbocycles. The van der Waals surface area contributed by atoms with Gasteiger partial charge in [-0.1, -0.05) is 54.7 Å². The number of nitrogens with zero attached hydrogens (tertiary/aromatic N) is 2. The molecule has 1 N–H and O–H groups in total. The standard InChI is InChI=1S/C31H36Cl3N3O6S/c1-6-20(3)35-31(39)27(7-2)36(18-21-8-9-23(33)16-26(21)34)30(38)19-37(24-12-10-22(32)11-13-24)44(40,41)25-14-15-28(42-4)29(17-25)43-5/h8-17,20,27H,6-7,18-19H2,1-5H3,(H,35,39)/t20-,27+/m1/s1. The fourth-order valence-electron chi connectivity index (χ4n) is 4.43. The van der Waals surface area contributed by atoms with E-state index < -0.39 is 28.5 Å². The van der Waals surface area contributed by atoms with Crippen molar-refractivity contribution in [2.75, 3.05) is 25.1 Å². The van der Waals surface area contributed by atoms with E-state index in [0.717, 1.165) is 4.31 Å². The third kappa shape index (κ3) is 8.50. The quantitative estimate of drug-likeness (QED) is 0.206. The van der Waals surface area contributed by atoms with Crippen LogP contribution in [0.5, 0.6) is 11.5 Å². The Morgan fingerprint density at radius 2 is 1.50 bits per heavy atom. The number of anilines is 1. The number of amides is 2. The topological polar surface area (TPSA) is 105 Å². The number of nitrogens with one attached hydrogen (secondary N) is 1. The summed E-state index contributed by atoms with van der Waals surface area (Å²) in [5, 5.41) is 4.04. The molecule has 0 fully saturated rings. The Bertz CT molecular complexity index is 1570. The fraction of sp³-hybridized carbons (Fsp3) is 0.355. The second kappa shape index (κ2) is 15.7. The van der Waals surface area contributed by atoms with Crippen LogP contribution in [0.15, 0.2) is 65.6 Å². The van der Waals surface area contributed by atoms with E-state index in [1.807, 2.05) is 13.8 Å². The van der Waals surface area contributed by atoms with E-state index in [1.54, 1.807) is 25.1 Å². The highest BCUT2D eigenvalue weighted by Crippen LogP contribution is 2.33. The van der Waals surface area contributed by atoms with Crippen LogP contribution in [-0.2, 0) is 26.2 Å². The molecule has 2 amide bonds. The number of benzene rings is 3. The average Bonchev–Trinajstić information content (AvgIpc) is 3.00. The van der Waals surface area contributed by atoms with Crippen molar-refractivity contribution >= 4 is 62.3 Å². The summed E-state index contributed by atoms with van der Waals surface area (Å²) in [7, 11) is -1.52. The van der Waals surface area contributed by atoms with Gasteiger partial charge in [-0.25, -0.2) is 8.42 Å². The van der Waals surface area contributed by atoms with E-state index in [1.165, 1.54) is 61.6 Å². The van der Waals surface area contributed by atoms with Gasteiger partial charge in [0, 0.05) is 33.7 Å². The van der Waals surface area contributed by atoms with Crippen LogP contribution in [0, 0.1) is 0 Å². The highest BCUT2D eigenvalue weighted by molar-refractivity contribution is 7.92. The molecule has 0 spiro atoms. The first-order valence-corrected chi connectivity index (χ1v) is 16.5. The molecular weight excluding hydrogens is 649 g/mol. The van der Waals surface area contributed by atoms with Gasteiger partial charge in [0.05, 0.1) is 24.8 Å². The Morgan fingerprint density at radius 1 is 0.864 bits per heavy atom. The second-order valence-electron chi connectivity index (χ2n) is 10.0. The normalized spacial score (nSPS) is 12.6. The third-order valence-electron chi connectivity index (χ3n) is 7.08. The van der Waals surface area contributed by atoms with Crippen LogP contribution in [0.1, 0.15) is 39.2 Å². The van der Waals surface area contributed by atoms with E-state index in [9.17, 15) is 18.0 Å². The number of methoxy groups -OCH3 is 2. The van der Waals surface area contributed by atoms with E-state index in [-0.39, 0.29) is 41.2 Å². The SMILES string of the molecule is CC[C@@H](C)NC(=O)[C@H](CC)N(Cc1ccc(Cl)cc1Cl)C(=O)CN(c1ccc(Cl)cc1)S(=O)(=O)c1ccc(OC)c(OC)c1. The molecule has 0 aliphatic carbocycles. The van der Waals surface area contributed by atoms with Crippen molar-refractivity contribution < 1.29 is 27.5 Å². The summed E-state index contributed by atoms with van der Waals surface area (Å²) in [6.07, 6.45) is 0.954. The maximum Gasteiger partial charge on any atom is 0.264 e. The van der Waals surface area contributed by atoms with Crippen LogP contribution >= 0.6 is 34.8 Å². The van der Waals surface area contributed by atoms with E-state index in [0.29, 0.717) is 32.8 Å². The predicted octanol–water partition coefficient (Wildman–Crippen LogP) is 6.58. The molecular formula is C31H36Cl3N3O6S. The van der Waals surface area contributed by atoms with Crippen LogP contribution in [0.2, 0.25) is 15.1 Å². The van der Waals surface area contributed by atoms with E-state index in [4.69, 9.17) is 44.3 Å². The molecule has 0 aliphatic rings. The largest absolute Gasteiger partial charge is 0.493 e. The number of sulfonamides is 1. The lowest BCUT2D eigenvalue weighted by Crippen LogP contribution is -2.53. The molecule has 0 saturated carbocycles. The Labute approximate surface area is 274 Å². The number of hydrogen-bond donors (Lipinski definition) is 1. The predicted molar refractivity (Wildman–Crippen MR) is 175 cm³/mol. The van der Waals surface area contributed by atoms with Crippen LogP contribution in [0.3, 0.4) is 0 Å². The fourth-order valence-corrected chi connectivity index (χ4v) is 6.46. The molecule has 0 bridgehead atoms. The Kier molecular flexibility index (Phi) is 12.6. The Morgan fingerprint density at radius 3 is 2.07 bits per heavy atom. The van der Waals surface area contributed by atoms with Gasteiger partial charge in [0.15, 0.2) is 11.5 Å². The summed E-state index contributed by atoms with van der Waals surface area (Å²) in [6.45, 7) is 4.89. The maximum absolute atomic E-state index is 14.2. The van der Waals surface area contributed by atoms with Crippen molar-refractivity contribution in [3.8, 4) is 11.5 Å². The smallest absolute Gasteiger partial charge is 0.264 e. The summed E-state index contributed by atoms with van der Waals surface area (Å²) in [6, 6.07) is 14.0. The molecule has 44 heavy (non-hydrogen) atoms. The molecule has 2 atom stereocenters. The molecule has 3 aromatic rings. The molecule has 0 aromatic heterocycles. The third-order valence-corrected chi connectivity index (χ3v) is 9.69. The summed E-state index contributed by atoms with van der Waals surface area (Å²) in [4.78, 5) is 28.9. The first-order chi connectivity index (χ1) is 20.9. The number of carbonyl (C=O) groups excluding carboxylic acids is 2. The lowest BCUT2D eigenvalue weighted by molar-refractivity contribution is -0.140. The first-order valence-electron chi connectivity index (χ1n) is 13.9.